The number of hydrogen-bond donors (Lipinski definition) is 0. The molecule has 2 rings (SSSR count). The van der Waals surface area contributed by atoms with Gasteiger partial charge in [0.05, 0.1) is 5.69 Å². The van der Waals surface area contributed by atoms with Gasteiger partial charge in [-0.05, 0) is 33.8 Å². The summed E-state index contributed by atoms with van der Waals surface area (Å²) in [6, 6.07) is 1.97. The lowest BCUT2D eigenvalue weighted by Gasteiger charge is -1.95. The van der Waals surface area contributed by atoms with Crippen LogP contribution in [0, 0.1) is 27.7 Å². The zero-order chi connectivity index (χ0) is 12.0. The SMILES string of the molecule is Cc1cc(C)nc(C)n1.Cc1cnccn1. The van der Waals surface area contributed by atoms with Crippen molar-refractivity contribution >= 4 is 0 Å². The standard InChI is InChI=1S/C7H10N2.C5H6N2/c1-5-4-6(2)9-7(3)8-5;1-5-4-6-2-3-7-5/h4H,1-3H3;2-4H,1H3. The van der Waals surface area contributed by atoms with Crippen molar-refractivity contribution in [1.82, 2.24) is 19.9 Å². The van der Waals surface area contributed by atoms with Crippen LogP contribution in [0.15, 0.2) is 24.7 Å². The molecule has 0 saturated carbocycles. The largest absolute Gasteiger partial charge is 0.261 e. The Labute approximate surface area is 95.8 Å². The Kier molecular flexibility index (Phi) is 4.51. The van der Waals surface area contributed by atoms with Gasteiger partial charge in [-0.2, -0.15) is 0 Å². The van der Waals surface area contributed by atoms with Gasteiger partial charge in [-0.25, -0.2) is 9.97 Å². The van der Waals surface area contributed by atoms with Crippen LogP contribution in [0.2, 0.25) is 0 Å². The molecule has 0 aliphatic rings. The average molecular weight is 216 g/mol. The van der Waals surface area contributed by atoms with E-state index in [0.717, 1.165) is 22.9 Å². The predicted octanol–water partition coefficient (Wildman–Crippen LogP) is 2.19. The molecule has 0 amide bonds. The summed E-state index contributed by atoms with van der Waals surface area (Å²) in [6.07, 6.45) is 5.06. The van der Waals surface area contributed by atoms with Crippen molar-refractivity contribution in [3.05, 3.63) is 47.6 Å². The van der Waals surface area contributed by atoms with E-state index in [0.29, 0.717) is 0 Å². The summed E-state index contributed by atoms with van der Waals surface area (Å²) < 4.78 is 0. The van der Waals surface area contributed by atoms with E-state index in [4.69, 9.17) is 0 Å². The second-order valence-electron chi connectivity index (χ2n) is 3.54. The van der Waals surface area contributed by atoms with Crippen LogP contribution >= 0.6 is 0 Å². The Balaban J connectivity index is 0.000000165. The molecule has 0 atom stereocenters. The molecule has 0 spiro atoms. The Bertz CT molecular complexity index is 390. The first-order valence-corrected chi connectivity index (χ1v) is 5.09. The minimum atomic E-state index is 0.854. The van der Waals surface area contributed by atoms with Crippen molar-refractivity contribution in [2.45, 2.75) is 27.7 Å². The summed E-state index contributed by atoms with van der Waals surface area (Å²) in [5.41, 5.74) is 3.04. The fourth-order valence-corrected chi connectivity index (χ4v) is 1.28. The van der Waals surface area contributed by atoms with Crippen LogP contribution in [0.1, 0.15) is 22.9 Å². The fourth-order valence-electron chi connectivity index (χ4n) is 1.28. The molecular weight excluding hydrogens is 200 g/mol. The highest BCUT2D eigenvalue weighted by Gasteiger charge is 1.90. The minimum Gasteiger partial charge on any atom is -0.261 e. The average Bonchev–Trinajstić information content (AvgIpc) is 2.17. The Morgan fingerprint density at radius 3 is 1.75 bits per heavy atom. The molecule has 0 N–H and O–H groups in total. The van der Waals surface area contributed by atoms with Crippen molar-refractivity contribution in [2.24, 2.45) is 0 Å². The summed E-state index contributed by atoms with van der Waals surface area (Å²) in [5.74, 6) is 0.854. The summed E-state index contributed by atoms with van der Waals surface area (Å²) in [6.45, 7) is 7.76. The quantitative estimate of drug-likeness (QED) is 0.677. The van der Waals surface area contributed by atoms with Gasteiger partial charge in [0.2, 0.25) is 0 Å². The normalized spacial score (nSPS) is 9.25. The van der Waals surface area contributed by atoms with Gasteiger partial charge < -0.3 is 0 Å². The second-order valence-corrected chi connectivity index (χ2v) is 3.54. The topological polar surface area (TPSA) is 51.6 Å². The number of aromatic nitrogens is 4. The van der Waals surface area contributed by atoms with Crippen molar-refractivity contribution in [3.8, 4) is 0 Å². The van der Waals surface area contributed by atoms with Crippen LogP contribution in [0.3, 0.4) is 0 Å². The van der Waals surface area contributed by atoms with Crippen LogP contribution in [-0.4, -0.2) is 19.9 Å². The highest BCUT2D eigenvalue weighted by molar-refractivity contribution is 5.07. The molecule has 0 fully saturated rings. The molecule has 2 aromatic rings. The van der Waals surface area contributed by atoms with Gasteiger partial charge in [0, 0.05) is 30.0 Å². The van der Waals surface area contributed by atoms with Crippen molar-refractivity contribution < 1.29 is 0 Å². The minimum absolute atomic E-state index is 0.854. The molecule has 0 radical (unpaired) electrons. The predicted molar refractivity (Wildman–Crippen MR) is 63.0 cm³/mol. The van der Waals surface area contributed by atoms with Crippen LogP contribution < -0.4 is 0 Å². The van der Waals surface area contributed by atoms with E-state index in [1.165, 1.54) is 0 Å². The highest BCUT2D eigenvalue weighted by Crippen LogP contribution is 1.96. The molecule has 0 unspecified atom stereocenters. The maximum Gasteiger partial charge on any atom is 0.125 e. The van der Waals surface area contributed by atoms with Gasteiger partial charge in [0.25, 0.3) is 0 Å². The molecule has 0 bridgehead atoms. The molecule has 2 aromatic heterocycles. The van der Waals surface area contributed by atoms with Gasteiger partial charge in [-0.1, -0.05) is 0 Å². The first-order chi connectivity index (χ1) is 7.58. The van der Waals surface area contributed by atoms with E-state index < -0.39 is 0 Å². The molecular formula is C12H16N4. The highest BCUT2D eigenvalue weighted by atomic mass is 14.9. The van der Waals surface area contributed by atoms with E-state index in [1.54, 1.807) is 18.6 Å². The van der Waals surface area contributed by atoms with E-state index in [1.807, 2.05) is 33.8 Å². The smallest absolute Gasteiger partial charge is 0.125 e. The maximum absolute atomic E-state index is 4.12. The Morgan fingerprint density at radius 2 is 1.44 bits per heavy atom. The maximum atomic E-state index is 4.12. The molecule has 84 valence electrons. The Hall–Kier alpha value is -1.84. The summed E-state index contributed by atoms with van der Waals surface area (Å²) in [4.78, 5) is 16.0. The summed E-state index contributed by atoms with van der Waals surface area (Å²) in [5, 5.41) is 0. The van der Waals surface area contributed by atoms with E-state index in [-0.39, 0.29) is 0 Å². The van der Waals surface area contributed by atoms with Crippen molar-refractivity contribution in [3.63, 3.8) is 0 Å². The number of rotatable bonds is 0. The molecule has 4 nitrogen and oxygen atoms in total. The lowest BCUT2D eigenvalue weighted by atomic mass is 10.3. The number of nitrogens with zero attached hydrogens (tertiary/aromatic N) is 4. The summed E-state index contributed by atoms with van der Waals surface area (Å²) in [7, 11) is 0. The third-order valence-electron chi connectivity index (χ3n) is 1.79. The van der Waals surface area contributed by atoms with Gasteiger partial charge >= 0.3 is 0 Å². The first kappa shape index (κ1) is 12.2. The van der Waals surface area contributed by atoms with Gasteiger partial charge in [-0.15, -0.1) is 0 Å². The van der Waals surface area contributed by atoms with E-state index in [2.05, 4.69) is 19.9 Å². The zero-order valence-corrected chi connectivity index (χ0v) is 10.1. The lowest BCUT2D eigenvalue weighted by molar-refractivity contribution is 0.976. The van der Waals surface area contributed by atoms with Crippen LogP contribution in [0.4, 0.5) is 0 Å². The van der Waals surface area contributed by atoms with Crippen molar-refractivity contribution in [2.75, 3.05) is 0 Å². The zero-order valence-electron chi connectivity index (χ0n) is 10.1. The fraction of sp³-hybridized carbons (Fsp3) is 0.333. The molecule has 16 heavy (non-hydrogen) atoms. The summed E-state index contributed by atoms with van der Waals surface area (Å²) >= 11 is 0. The van der Waals surface area contributed by atoms with Crippen LogP contribution in [0.25, 0.3) is 0 Å². The van der Waals surface area contributed by atoms with E-state index in [9.17, 15) is 0 Å². The molecule has 4 heteroatoms. The van der Waals surface area contributed by atoms with E-state index >= 15 is 0 Å². The first-order valence-electron chi connectivity index (χ1n) is 5.09. The Morgan fingerprint density at radius 1 is 0.812 bits per heavy atom. The van der Waals surface area contributed by atoms with Gasteiger partial charge in [0.1, 0.15) is 5.82 Å². The number of aryl methyl sites for hydroxylation is 4. The molecule has 0 aromatic carbocycles. The van der Waals surface area contributed by atoms with Crippen LogP contribution in [0.5, 0.6) is 0 Å². The molecule has 0 saturated heterocycles. The monoisotopic (exact) mass is 216 g/mol. The van der Waals surface area contributed by atoms with Gasteiger partial charge in [-0.3, -0.25) is 9.97 Å². The third kappa shape index (κ3) is 4.59. The van der Waals surface area contributed by atoms with Gasteiger partial charge in [0.15, 0.2) is 0 Å². The van der Waals surface area contributed by atoms with Crippen molar-refractivity contribution in [1.29, 1.82) is 0 Å². The second kappa shape index (κ2) is 5.90. The molecule has 2 heterocycles. The molecule has 0 aliphatic carbocycles. The third-order valence-corrected chi connectivity index (χ3v) is 1.79. The lowest BCUT2D eigenvalue weighted by Crippen LogP contribution is -1.91. The number of hydrogen-bond acceptors (Lipinski definition) is 4. The van der Waals surface area contributed by atoms with Crippen LogP contribution in [-0.2, 0) is 0 Å². The molecule has 0 aliphatic heterocycles.